The molecular formula is C33H26FN7O2. The summed E-state index contributed by atoms with van der Waals surface area (Å²) in [7, 11) is 0. The fourth-order valence-electron chi connectivity index (χ4n) is 4.73. The summed E-state index contributed by atoms with van der Waals surface area (Å²) >= 11 is 0. The van der Waals surface area contributed by atoms with Crippen molar-refractivity contribution < 1.29 is 14.0 Å². The number of carbonyl (C=O) groups is 2. The van der Waals surface area contributed by atoms with Crippen molar-refractivity contribution in [2.75, 3.05) is 17.2 Å². The summed E-state index contributed by atoms with van der Waals surface area (Å²) in [4.78, 5) is 42.7. The van der Waals surface area contributed by atoms with Crippen molar-refractivity contribution in [3.05, 3.63) is 132 Å². The first kappa shape index (κ1) is 27.4. The number of Topliss-reactive ketones (excluding diaryl/α,β-unsaturated/α-hetero) is 1. The third-order valence-corrected chi connectivity index (χ3v) is 6.93. The number of imidazole rings is 1. The summed E-state index contributed by atoms with van der Waals surface area (Å²) in [5.41, 5.74) is 5.31. The van der Waals surface area contributed by atoms with Crippen molar-refractivity contribution in [2.45, 2.75) is 13.0 Å². The maximum Gasteiger partial charge on any atom is 0.259 e. The highest BCUT2D eigenvalue weighted by atomic mass is 19.1. The first-order valence-electron chi connectivity index (χ1n) is 13.6. The van der Waals surface area contributed by atoms with Crippen molar-refractivity contribution in [2.24, 2.45) is 0 Å². The Labute approximate surface area is 246 Å². The molecule has 212 valence electrons. The van der Waals surface area contributed by atoms with Crippen LogP contribution in [-0.2, 0) is 13.0 Å². The molecule has 0 saturated heterocycles. The van der Waals surface area contributed by atoms with Crippen LogP contribution in [0, 0.1) is 5.95 Å². The van der Waals surface area contributed by atoms with Crippen LogP contribution in [0.4, 0.5) is 16.0 Å². The van der Waals surface area contributed by atoms with E-state index < -0.39 is 11.9 Å². The third-order valence-electron chi connectivity index (χ3n) is 6.93. The predicted molar refractivity (Wildman–Crippen MR) is 162 cm³/mol. The number of ketones is 1. The predicted octanol–water partition coefficient (Wildman–Crippen LogP) is 5.82. The van der Waals surface area contributed by atoms with Crippen molar-refractivity contribution >= 4 is 34.4 Å². The Morgan fingerprint density at radius 1 is 0.814 bits per heavy atom. The van der Waals surface area contributed by atoms with Gasteiger partial charge in [0.05, 0.1) is 23.1 Å². The SMILES string of the molecule is O=C(CNc1ccc2c(c1)nc(NC(=O)c1cncc(-c3ccnc(F)c3)c1)n2CCc1cccnc1)c1ccccc1. The van der Waals surface area contributed by atoms with Gasteiger partial charge in [-0.3, -0.25) is 24.9 Å². The second-order valence-corrected chi connectivity index (χ2v) is 9.83. The lowest BCUT2D eigenvalue weighted by Gasteiger charge is -2.11. The van der Waals surface area contributed by atoms with Gasteiger partial charge < -0.3 is 9.88 Å². The molecule has 1 amide bonds. The van der Waals surface area contributed by atoms with E-state index in [-0.39, 0.29) is 12.3 Å². The highest BCUT2D eigenvalue weighted by Crippen LogP contribution is 2.25. The van der Waals surface area contributed by atoms with Gasteiger partial charge in [0, 0.05) is 60.4 Å². The molecule has 0 unspecified atom stereocenters. The van der Waals surface area contributed by atoms with Gasteiger partial charge in [0.15, 0.2) is 5.78 Å². The van der Waals surface area contributed by atoms with Crippen LogP contribution in [0.25, 0.3) is 22.2 Å². The zero-order chi connectivity index (χ0) is 29.6. The van der Waals surface area contributed by atoms with Crippen LogP contribution in [0.1, 0.15) is 26.3 Å². The summed E-state index contributed by atoms with van der Waals surface area (Å²) in [6.45, 7) is 0.664. The second kappa shape index (κ2) is 12.4. The van der Waals surface area contributed by atoms with Crippen molar-refractivity contribution in [1.82, 2.24) is 24.5 Å². The number of anilines is 2. The maximum atomic E-state index is 13.7. The van der Waals surface area contributed by atoms with Crippen molar-refractivity contribution in [1.29, 1.82) is 0 Å². The van der Waals surface area contributed by atoms with Gasteiger partial charge in [-0.1, -0.05) is 36.4 Å². The average molecular weight is 572 g/mol. The zero-order valence-corrected chi connectivity index (χ0v) is 22.9. The van der Waals surface area contributed by atoms with Crippen LogP contribution in [0.3, 0.4) is 0 Å². The van der Waals surface area contributed by atoms with E-state index in [4.69, 9.17) is 4.98 Å². The lowest BCUT2D eigenvalue weighted by Crippen LogP contribution is -2.17. The van der Waals surface area contributed by atoms with Crippen LogP contribution < -0.4 is 10.6 Å². The molecule has 4 heterocycles. The number of aryl methyl sites for hydroxylation is 2. The van der Waals surface area contributed by atoms with Crippen LogP contribution >= 0.6 is 0 Å². The van der Waals surface area contributed by atoms with Crippen molar-refractivity contribution in [3.8, 4) is 11.1 Å². The minimum absolute atomic E-state index is 0.0269. The summed E-state index contributed by atoms with van der Waals surface area (Å²) in [6.07, 6.45) is 8.57. The van der Waals surface area contributed by atoms with Crippen LogP contribution in [0.5, 0.6) is 0 Å². The molecule has 0 fully saturated rings. The first-order valence-corrected chi connectivity index (χ1v) is 13.6. The molecule has 0 radical (unpaired) electrons. The largest absolute Gasteiger partial charge is 0.378 e. The molecule has 10 heteroatoms. The van der Waals surface area contributed by atoms with E-state index in [9.17, 15) is 14.0 Å². The van der Waals surface area contributed by atoms with E-state index in [1.165, 1.54) is 18.5 Å². The highest BCUT2D eigenvalue weighted by Gasteiger charge is 2.17. The lowest BCUT2D eigenvalue weighted by molar-refractivity contribution is 0.100. The summed E-state index contributed by atoms with van der Waals surface area (Å²) < 4.78 is 15.6. The maximum absolute atomic E-state index is 13.7. The number of nitrogens with one attached hydrogen (secondary N) is 2. The zero-order valence-electron chi connectivity index (χ0n) is 22.9. The number of nitrogens with zero attached hydrogens (tertiary/aromatic N) is 5. The summed E-state index contributed by atoms with van der Waals surface area (Å²) in [6, 6.07) is 23.2. The summed E-state index contributed by atoms with van der Waals surface area (Å²) in [5.74, 6) is -0.690. The Bertz CT molecular complexity index is 1910. The van der Waals surface area contributed by atoms with Gasteiger partial charge in [-0.2, -0.15) is 4.39 Å². The first-order chi connectivity index (χ1) is 21.0. The number of carbonyl (C=O) groups excluding carboxylic acids is 2. The molecule has 0 saturated carbocycles. The van der Waals surface area contributed by atoms with Crippen LogP contribution in [-0.4, -0.2) is 42.7 Å². The quantitative estimate of drug-likeness (QED) is 0.157. The molecule has 0 aliphatic carbocycles. The monoisotopic (exact) mass is 571 g/mol. The molecule has 6 aromatic rings. The van der Waals surface area contributed by atoms with Gasteiger partial charge in [0.2, 0.25) is 11.9 Å². The molecule has 43 heavy (non-hydrogen) atoms. The molecule has 2 N–H and O–H groups in total. The van der Waals surface area contributed by atoms with Crippen molar-refractivity contribution in [3.63, 3.8) is 0 Å². The Morgan fingerprint density at radius 2 is 1.70 bits per heavy atom. The van der Waals surface area contributed by atoms with Gasteiger partial charge in [-0.05, 0) is 53.9 Å². The Kier molecular flexibility index (Phi) is 7.90. The molecule has 9 nitrogen and oxygen atoms in total. The number of benzene rings is 2. The number of pyridine rings is 3. The number of halogens is 1. The smallest absolute Gasteiger partial charge is 0.259 e. The Hall–Kier alpha value is -5.77. The molecule has 2 aromatic carbocycles. The normalized spacial score (nSPS) is 10.9. The third kappa shape index (κ3) is 6.43. The van der Waals surface area contributed by atoms with E-state index in [2.05, 4.69) is 25.6 Å². The Morgan fingerprint density at radius 3 is 2.51 bits per heavy atom. The molecular weight excluding hydrogens is 545 g/mol. The number of hydrogen-bond acceptors (Lipinski definition) is 7. The number of rotatable bonds is 10. The number of hydrogen-bond donors (Lipinski definition) is 2. The summed E-state index contributed by atoms with van der Waals surface area (Å²) in [5, 5.41) is 6.11. The van der Waals surface area contributed by atoms with E-state index in [1.807, 2.05) is 59.3 Å². The van der Waals surface area contributed by atoms with Gasteiger partial charge in [0.25, 0.3) is 5.91 Å². The number of fused-ring (bicyclic) bond motifs is 1. The van der Waals surface area contributed by atoms with E-state index >= 15 is 0 Å². The van der Waals surface area contributed by atoms with E-state index in [0.717, 1.165) is 16.8 Å². The molecule has 4 aromatic heterocycles. The molecule has 0 aliphatic heterocycles. The molecule has 6 rings (SSSR count). The van der Waals surface area contributed by atoms with Crippen LogP contribution in [0.2, 0.25) is 0 Å². The van der Waals surface area contributed by atoms with Crippen LogP contribution in [0.15, 0.2) is 110 Å². The molecule has 0 aliphatic rings. The van der Waals surface area contributed by atoms with E-state index in [1.54, 1.807) is 36.7 Å². The number of amides is 1. The second-order valence-electron chi connectivity index (χ2n) is 9.83. The lowest BCUT2D eigenvalue weighted by atomic mass is 10.1. The molecule has 0 bridgehead atoms. The fraction of sp³-hybridized carbons (Fsp3) is 0.0909. The Balaban J connectivity index is 1.27. The molecule has 0 atom stereocenters. The highest BCUT2D eigenvalue weighted by molar-refractivity contribution is 6.04. The van der Waals surface area contributed by atoms with Gasteiger partial charge in [-0.15, -0.1) is 0 Å². The molecule has 0 spiro atoms. The van der Waals surface area contributed by atoms with Gasteiger partial charge in [0.1, 0.15) is 0 Å². The standard InChI is InChI=1S/C33H26FN7O2/c34-31-16-24(10-13-37-31)25-15-26(20-36-19-25)32(43)40-33-39-28-17-27(38-21-30(42)23-6-2-1-3-7-23)8-9-29(28)41(33)14-11-22-5-4-12-35-18-22/h1-10,12-13,15-20,38H,11,14,21H2,(H,39,40,43). The topological polar surface area (TPSA) is 115 Å². The van der Waals surface area contributed by atoms with E-state index in [0.29, 0.717) is 46.7 Å². The number of aromatic nitrogens is 5. The average Bonchev–Trinajstić information content (AvgIpc) is 3.39. The van der Waals surface area contributed by atoms with Gasteiger partial charge >= 0.3 is 0 Å². The fourth-order valence-corrected chi connectivity index (χ4v) is 4.73. The van der Waals surface area contributed by atoms with Gasteiger partial charge in [-0.25, -0.2) is 9.97 Å². The minimum Gasteiger partial charge on any atom is -0.378 e. The minimum atomic E-state index is -0.618.